The molecule has 0 fully saturated rings. The average Bonchev–Trinajstić information content (AvgIpc) is 2.35. The molecule has 0 unspecified atom stereocenters. The third-order valence-corrected chi connectivity index (χ3v) is 3.20. The van der Waals surface area contributed by atoms with E-state index < -0.39 is 0 Å². The maximum Gasteiger partial charge on any atom is 0.0701 e. The number of hydrogen-bond acceptors (Lipinski definition) is 2. The first-order valence-corrected chi connectivity index (χ1v) is 5.26. The van der Waals surface area contributed by atoms with Crippen molar-refractivity contribution in [3.05, 3.63) is 20.8 Å². The number of nitrogens with zero attached hydrogens (tertiary/aromatic N) is 1. The first-order valence-electron chi connectivity index (χ1n) is 3.65. The molecule has 0 aliphatic heterocycles. The molecular weight excluding hydrogens is 222 g/mol. The van der Waals surface area contributed by atoms with E-state index in [9.17, 15) is 0 Å². The third kappa shape index (κ3) is 2.93. The predicted molar refractivity (Wildman–Crippen MR) is 54.0 cm³/mol. The van der Waals surface area contributed by atoms with Gasteiger partial charge in [-0.15, -0.1) is 11.3 Å². The molecule has 0 saturated heterocycles. The van der Waals surface area contributed by atoms with Crippen molar-refractivity contribution in [3.63, 3.8) is 0 Å². The van der Waals surface area contributed by atoms with E-state index in [1.807, 2.05) is 0 Å². The first-order chi connectivity index (χ1) is 5.22. The lowest BCUT2D eigenvalue weighted by atomic mass is 10.4. The molecule has 0 spiro atoms. The van der Waals surface area contributed by atoms with Crippen LogP contribution in [0.4, 0.5) is 0 Å². The molecular formula is C8H12BrNS. The van der Waals surface area contributed by atoms with Gasteiger partial charge < -0.3 is 4.90 Å². The Morgan fingerprint density at radius 2 is 2.27 bits per heavy atom. The van der Waals surface area contributed by atoms with Crippen LogP contribution in [0.25, 0.3) is 0 Å². The highest BCUT2D eigenvalue weighted by Gasteiger charge is 1.99. The lowest BCUT2D eigenvalue weighted by Gasteiger charge is -2.11. The zero-order chi connectivity index (χ0) is 8.27. The largest absolute Gasteiger partial charge is 0.302 e. The summed E-state index contributed by atoms with van der Waals surface area (Å²) in [6.45, 7) is 4.34. The molecule has 0 atom stereocenters. The highest BCUT2D eigenvalue weighted by atomic mass is 79.9. The molecule has 0 amide bonds. The van der Waals surface area contributed by atoms with Crippen LogP contribution in [0.2, 0.25) is 0 Å². The van der Waals surface area contributed by atoms with Crippen LogP contribution >= 0.6 is 27.3 Å². The van der Waals surface area contributed by atoms with Crippen LogP contribution in [0.1, 0.15) is 11.8 Å². The third-order valence-electron chi connectivity index (χ3n) is 1.59. The van der Waals surface area contributed by atoms with Gasteiger partial charge in [0.15, 0.2) is 0 Å². The van der Waals surface area contributed by atoms with Crippen LogP contribution in [0.15, 0.2) is 15.9 Å². The van der Waals surface area contributed by atoms with E-state index in [1.54, 1.807) is 11.3 Å². The van der Waals surface area contributed by atoms with Crippen molar-refractivity contribution >= 4 is 27.3 Å². The summed E-state index contributed by atoms with van der Waals surface area (Å²) < 4.78 is 1.22. The molecule has 0 saturated carbocycles. The lowest BCUT2D eigenvalue weighted by Crippen LogP contribution is -2.15. The van der Waals surface area contributed by atoms with E-state index in [4.69, 9.17) is 0 Å². The van der Waals surface area contributed by atoms with E-state index in [0.717, 1.165) is 13.1 Å². The maximum atomic E-state index is 3.44. The van der Waals surface area contributed by atoms with Crippen LogP contribution < -0.4 is 0 Å². The Morgan fingerprint density at radius 3 is 2.73 bits per heavy atom. The van der Waals surface area contributed by atoms with Gasteiger partial charge in [-0.25, -0.2) is 0 Å². The Hall–Kier alpha value is 0.140. The summed E-state index contributed by atoms with van der Waals surface area (Å²) in [5.74, 6) is 0. The zero-order valence-electron chi connectivity index (χ0n) is 6.80. The number of hydrogen-bond donors (Lipinski definition) is 0. The van der Waals surface area contributed by atoms with E-state index in [-0.39, 0.29) is 0 Å². The Labute approximate surface area is 80.2 Å². The highest BCUT2D eigenvalue weighted by Crippen LogP contribution is 2.22. The standard InChI is InChI=1S/C8H12BrNS/c1-3-10(2)6-7-4-5-8(9)11-7/h4-5H,3,6H2,1-2H3. The van der Waals surface area contributed by atoms with Crippen molar-refractivity contribution in [2.24, 2.45) is 0 Å². The van der Waals surface area contributed by atoms with Gasteiger partial charge in [0.2, 0.25) is 0 Å². The van der Waals surface area contributed by atoms with Crippen molar-refractivity contribution in [2.45, 2.75) is 13.5 Å². The van der Waals surface area contributed by atoms with Crippen molar-refractivity contribution in [1.29, 1.82) is 0 Å². The lowest BCUT2D eigenvalue weighted by molar-refractivity contribution is 0.349. The first kappa shape index (κ1) is 9.23. The summed E-state index contributed by atoms with van der Waals surface area (Å²) in [6, 6.07) is 4.27. The molecule has 1 rings (SSSR count). The van der Waals surface area contributed by atoms with Crippen molar-refractivity contribution in [3.8, 4) is 0 Å². The summed E-state index contributed by atoms with van der Waals surface area (Å²) in [7, 11) is 2.13. The van der Waals surface area contributed by atoms with Gasteiger partial charge >= 0.3 is 0 Å². The van der Waals surface area contributed by atoms with Gasteiger partial charge in [0, 0.05) is 11.4 Å². The summed E-state index contributed by atoms with van der Waals surface area (Å²) in [5, 5.41) is 0. The summed E-state index contributed by atoms with van der Waals surface area (Å²) in [4.78, 5) is 3.71. The molecule has 3 heteroatoms. The zero-order valence-corrected chi connectivity index (χ0v) is 9.20. The number of halogens is 1. The second-order valence-corrected chi connectivity index (χ2v) is 5.08. The fourth-order valence-corrected chi connectivity index (χ4v) is 2.38. The minimum Gasteiger partial charge on any atom is -0.302 e. The van der Waals surface area contributed by atoms with Crippen molar-refractivity contribution < 1.29 is 0 Å². The Balaban J connectivity index is 2.50. The molecule has 0 aromatic carbocycles. The predicted octanol–water partition coefficient (Wildman–Crippen LogP) is 2.96. The SMILES string of the molecule is CCN(C)Cc1ccc(Br)s1. The molecule has 1 nitrogen and oxygen atoms in total. The van der Waals surface area contributed by atoms with E-state index in [0.29, 0.717) is 0 Å². The molecule has 62 valence electrons. The average molecular weight is 234 g/mol. The van der Waals surface area contributed by atoms with Crippen LogP contribution in [0.5, 0.6) is 0 Å². The number of rotatable bonds is 3. The second-order valence-electron chi connectivity index (χ2n) is 2.54. The summed E-state index contributed by atoms with van der Waals surface area (Å²) in [6.07, 6.45) is 0. The minimum atomic E-state index is 1.06. The Morgan fingerprint density at radius 1 is 1.55 bits per heavy atom. The van der Waals surface area contributed by atoms with Gasteiger partial charge in [-0.05, 0) is 41.7 Å². The van der Waals surface area contributed by atoms with Gasteiger partial charge in [-0.1, -0.05) is 6.92 Å². The van der Waals surface area contributed by atoms with Gasteiger partial charge in [-0.2, -0.15) is 0 Å². The van der Waals surface area contributed by atoms with Crippen molar-refractivity contribution in [2.75, 3.05) is 13.6 Å². The molecule has 0 radical (unpaired) electrons. The van der Waals surface area contributed by atoms with Crippen LogP contribution in [-0.2, 0) is 6.54 Å². The van der Waals surface area contributed by atoms with Gasteiger partial charge in [0.25, 0.3) is 0 Å². The fraction of sp³-hybridized carbons (Fsp3) is 0.500. The minimum absolute atomic E-state index is 1.06. The molecule has 1 heterocycles. The van der Waals surface area contributed by atoms with Crippen molar-refractivity contribution in [1.82, 2.24) is 4.90 Å². The molecule has 11 heavy (non-hydrogen) atoms. The molecule has 0 N–H and O–H groups in total. The molecule has 1 aromatic rings. The van der Waals surface area contributed by atoms with Crippen LogP contribution in [-0.4, -0.2) is 18.5 Å². The van der Waals surface area contributed by atoms with Gasteiger partial charge in [0.1, 0.15) is 0 Å². The van der Waals surface area contributed by atoms with Crippen LogP contribution in [0, 0.1) is 0 Å². The molecule has 0 aliphatic carbocycles. The summed E-state index contributed by atoms with van der Waals surface area (Å²) >= 11 is 5.25. The van der Waals surface area contributed by atoms with E-state index in [1.165, 1.54) is 8.66 Å². The van der Waals surface area contributed by atoms with Gasteiger partial charge in [0.05, 0.1) is 3.79 Å². The van der Waals surface area contributed by atoms with E-state index in [2.05, 4.69) is 46.9 Å². The van der Waals surface area contributed by atoms with Gasteiger partial charge in [-0.3, -0.25) is 0 Å². The Bertz CT molecular complexity index is 222. The normalized spacial score (nSPS) is 10.9. The maximum absolute atomic E-state index is 3.44. The summed E-state index contributed by atoms with van der Waals surface area (Å²) in [5.41, 5.74) is 0. The highest BCUT2D eigenvalue weighted by molar-refractivity contribution is 9.11. The topological polar surface area (TPSA) is 3.24 Å². The molecule has 1 aromatic heterocycles. The smallest absolute Gasteiger partial charge is 0.0701 e. The molecule has 0 aliphatic rings. The monoisotopic (exact) mass is 233 g/mol. The number of thiophene rings is 1. The second kappa shape index (κ2) is 4.24. The molecule has 0 bridgehead atoms. The van der Waals surface area contributed by atoms with Crippen LogP contribution in [0.3, 0.4) is 0 Å². The Kier molecular flexibility index (Phi) is 3.55. The quantitative estimate of drug-likeness (QED) is 0.777. The fourth-order valence-electron chi connectivity index (χ4n) is 0.815. The van der Waals surface area contributed by atoms with E-state index >= 15 is 0 Å².